The van der Waals surface area contributed by atoms with Crippen LogP contribution in [0.3, 0.4) is 0 Å². The van der Waals surface area contributed by atoms with Gasteiger partial charge in [-0.05, 0) is 6.92 Å². The summed E-state index contributed by atoms with van der Waals surface area (Å²) in [7, 11) is 0. The molecule has 0 heterocycles. The maximum atomic E-state index is 11.4. The number of ether oxygens (including phenoxy) is 1. The fraction of sp³-hybridized carbons (Fsp3) is 0.769. The molecule has 0 aromatic carbocycles. The molecule has 15 heavy (non-hydrogen) atoms. The number of carbonyl (C=O) groups excluding carboxylic acids is 1. The Morgan fingerprint density at radius 2 is 1.33 bits per heavy atom. The molecule has 0 rings (SSSR count). The van der Waals surface area contributed by atoms with E-state index in [1.165, 1.54) is 6.08 Å². The zero-order valence-corrected chi connectivity index (χ0v) is 11.1. The highest BCUT2D eigenvalue weighted by Crippen LogP contribution is 2.46. The molecule has 0 aromatic heterocycles. The quantitative estimate of drug-likeness (QED) is 0.516. The molecular weight excluding hydrogens is 188 g/mol. The SMILES string of the molecule is C=CC(=O)OC(C)(C(C)(C)C)C(C)(C)C. The van der Waals surface area contributed by atoms with Gasteiger partial charge in [0.2, 0.25) is 0 Å². The summed E-state index contributed by atoms with van der Waals surface area (Å²) in [5, 5.41) is 0. The molecule has 0 saturated carbocycles. The zero-order chi connectivity index (χ0) is 12.5. The molecule has 0 amide bonds. The van der Waals surface area contributed by atoms with Gasteiger partial charge in [-0.1, -0.05) is 48.1 Å². The lowest BCUT2D eigenvalue weighted by Crippen LogP contribution is -2.53. The Balaban J connectivity index is 5.24. The molecule has 0 N–H and O–H groups in total. The fourth-order valence-electron chi connectivity index (χ4n) is 1.67. The molecule has 0 aromatic rings. The van der Waals surface area contributed by atoms with Gasteiger partial charge in [0.15, 0.2) is 0 Å². The van der Waals surface area contributed by atoms with Crippen molar-refractivity contribution in [2.75, 3.05) is 0 Å². The lowest BCUT2D eigenvalue weighted by atomic mass is 9.63. The summed E-state index contributed by atoms with van der Waals surface area (Å²) in [6.45, 7) is 17.9. The van der Waals surface area contributed by atoms with Crippen LogP contribution in [0.5, 0.6) is 0 Å². The van der Waals surface area contributed by atoms with Gasteiger partial charge in [0.25, 0.3) is 0 Å². The van der Waals surface area contributed by atoms with Crippen LogP contribution in [-0.2, 0) is 9.53 Å². The summed E-state index contributed by atoms with van der Waals surface area (Å²) >= 11 is 0. The number of carbonyl (C=O) groups is 1. The summed E-state index contributed by atoms with van der Waals surface area (Å²) in [5.41, 5.74) is -0.765. The third-order valence-electron chi connectivity index (χ3n) is 3.33. The molecular formula is C13H24O2. The highest BCUT2D eigenvalue weighted by molar-refractivity contribution is 5.81. The number of esters is 1. The topological polar surface area (TPSA) is 26.3 Å². The van der Waals surface area contributed by atoms with Gasteiger partial charge in [0.05, 0.1) is 0 Å². The standard InChI is InChI=1S/C13H24O2/c1-9-10(14)15-13(8,11(2,3)4)12(5,6)7/h9H,1H2,2-8H3. The minimum atomic E-state index is -0.523. The van der Waals surface area contributed by atoms with E-state index in [0.717, 1.165) is 0 Å². The highest BCUT2D eigenvalue weighted by Gasteiger charge is 2.49. The van der Waals surface area contributed by atoms with E-state index in [-0.39, 0.29) is 16.8 Å². The van der Waals surface area contributed by atoms with Crippen LogP contribution in [0.4, 0.5) is 0 Å². The number of hydrogen-bond donors (Lipinski definition) is 0. The van der Waals surface area contributed by atoms with Crippen molar-refractivity contribution in [2.45, 2.75) is 54.1 Å². The molecule has 2 heteroatoms. The molecule has 2 nitrogen and oxygen atoms in total. The van der Waals surface area contributed by atoms with Gasteiger partial charge in [0, 0.05) is 16.9 Å². The molecule has 0 unspecified atom stereocenters. The van der Waals surface area contributed by atoms with Crippen LogP contribution >= 0.6 is 0 Å². The van der Waals surface area contributed by atoms with E-state index >= 15 is 0 Å². The van der Waals surface area contributed by atoms with Gasteiger partial charge in [-0.25, -0.2) is 4.79 Å². The van der Waals surface area contributed by atoms with Crippen LogP contribution in [0.15, 0.2) is 12.7 Å². The summed E-state index contributed by atoms with van der Waals surface area (Å²) in [5.74, 6) is -0.359. The smallest absolute Gasteiger partial charge is 0.330 e. The summed E-state index contributed by atoms with van der Waals surface area (Å²) in [6, 6.07) is 0. The molecule has 0 bridgehead atoms. The first-order chi connectivity index (χ1) is 6.45. The second-order valence-electron chi connectivity index (χ2n) is 6.16. The minimum Gasteiger partial charge on any atom is -0.455 e. The monoisotopic (exact) mass is 212 g/mol. The Morgan fingerprint density at radius 1 is 1.00 bits per heavy atom. The normalized spacial score (nSPS) is 13.5. The lowest BCUT2D eigenvalue weighted by Gasteiger charge is -2.49. The third-order valence-corrected chi connectivity index (χ3v) is 3.33. The molecule has 0 aliphatic rings. The van der Waals surface area contributed by atoms with Crippen molar-refractivity contribution in [3.63, 3.8) is 0 Å². The van der Waals surface area contributed by atoms with Crippen LogP contribution in [0.1, 0.15) is 48.5 Å². The Morgan fingerprint density at radius 3 is 1.53 bits per heavy atom. The Kier molecular flexibility index (Phi) is 3.78. The van der Waals surface area contributed by atoms with Gasteiger partial charge >= 0.3 is 5.97 Å². The first-order valence-electron chi connectivity index (χ1n) is 5.31. The number of rotatable bonds is 2. The fourth-order valence-corrected chi connectivity index (χ4v) is 1.67. The lowest BCUT2D eigenvalue weighted by molar-refractivity contribution is -0.185. The van der Waals surface area contributed by atoms with Gasteiger partial charge < -0.3 is 4.74 Å². The molecule has 0 atom stereocenters. The molecule has 0 aliphatic carbocycles. The first kappa shape index (κ1) is 14.2. The second kappa shape index (κ2) is 3.99. The van der Waals surface area contributed by atoms with E-state index < -0.39 is 5.60 Å². The minimum absolute atomic E-state index is 0.121. The molecule has 0 radical (unpaired) electrons. The average Bonchev–Trinajstić information content (AvgIpc) is 1.99. The van der Waals surface area contributed by atoms with Crippen molar-refractivity contribution in [3.05, 3.63) is 12.7 Å². The maximum Gasteiger partial charge on any atom is 0.330 e. The van der Waals surface area contributed by atoms with Gasteiger partial charge in [-0.15, -0.1) is 0 Å². The van der Waals surface area contributed by atoms with Crippen LogP contribution < -0.4 is 0 Å². The van der Waals surface area contributed by atoms with Crippen LogP contribution in [0, 0.1) is 10.8 Å². The van der Waals surface area contributed by atoms with Crippen molar-refractivity contribution in [1.29, 1.82) is 0 Å². The van der Waals surface area contributed by atoms with Crippen LogP contribution in [-0.4, -0.2) is 11.6 Å². The van der Waals surface area contributed by atoms with E-state index in [1.807, 2.05) is 6.92 Å². The number of hydrogen-bond acceptors (Lipinski definition) is 2. The van der Waals surface area contributed by atoms with Gasteiger partial charge in [-0.2, -0.15) is 0 Å². The van der Waals surface area contributed by atoms with E-state index in [4.69, 9.17) is 4.74 Å². The maximum absolute atomic E-state index is 11.4. The molecule has 0 aliphatic heterocycles. The molecule has 0 spiro atoms. The van der Waals surface area contributed by atoms with Gasteiger partial charge in [-0.3, -0.25) is 0 Å². The molecule has 0 saturated heterocycles. The average molecular weight is 212 g/mol. The van der Waals surface area contributed by atoms with E-state index in [9.17, 15) is 4.79 Å². The third kappa shape index (κ3) is 2.83. The van der Waals surface area contributed by atoms with Crippen LogP contribution in [0.25, 0.3) is 0 Å². The summed E-state index contributed by atoms with van der Waals surface area (Å²) < 4.78 is 5.56. The summed E-state index contributed by atoms with van der Waals surface area (Å²) in [6.07, 6.45) is 1.22. The van der Waals surface area contributed by atoms with Crippen molar-refractivity contribution >= 4 is 5.97 Å². The van der Waals surface area contributed by atoms with Gasteiger partial charge in [0.1, 0.15) is 5.60 Å². The molecule has 88 valence electrons. The van der Waals surface area contributed by atoms with Crippen molar-refractivity contribution in [3.8, 4) is 0 Å². The van der Waals surface area contributed by atoms with Crippen molar-refractivity contribution in [1.82, 2.24) is 0 Å². The van der Waals surface area contributed by atoms with E-state index in [0.29, 0.717) is 0 Å². The zero-order valence-electron chi connectivity index (χ0n) is 11.1. The highest BCUT2D eigenvalue weighted by atomic mass is 16.6. The Hall–Kier alpha value is -0.790. The Bertz CT molecular complexity index is 237. The van der Waals surface area contributed by atoms with E-state index in [1.54, 1.807) is 0 Å². The second-order valence-corrected chi connectivity index (χ2v) is 6.16. The first-order valence-corrected chi connectivity index (χ1v) is 5.31. The van der Waals surface area contributed by atoms with Crippen LogP contribution in [0.2, 0.25) is 0 Å². The summed E-state index contributed by atoms with van der Waals surface area (Å²) in [4.78, 5) is 11.4. The molecule has 0 fully saturated rings. The van der Waals surface area contributed by atoms with Crippen molar-refractivity contribution in [2.24, 2.45) is 10.8 Å². The predicted octanol–water partition coefficient (Wildman–Crippen LogP) is 3.57. The van der Waals surface area contributed by atoms with E-state index in [2.05, 4.69) is 48.1 Å². The Labute approximate surface area is 93.7 Å². The van der Waals surface area contributed by atoms with Crippen molar-refractivity contribution < 1.29 is 9.53 Å². The predicted molar refractivity (Wildman–Crippen MR) is 63.6 cm³/mol. The largest absolute Gasteiger partial charge is 0.455 e.